The van der Waals surface area contributed by atoms with Crippen molar-refractivity contribution in [2.24, 2.45) is 0 Å². The number of rotatable bonds is 5. The molecule has 0 saturated carbocycles. The average molecular weight is 344 g/mol. The molecule has 0 fully saturated rings. The van der Waals surface area contributed by atoms with E-state index < -0.39 is 15.8 Å². The Labute approximate surface area is 142 Å². The first-order chi connectivity index (χ1) is 11.3. The number of aryl methyl sites for hydroxylation is 2. The molecule has 0 saturated heterocycles. The van der Waals surface area contributed by atoms with Crippen LogP contribution in [0.15, 0.2) is 58.3 Å². The normalized spacial score (nSPS) is 12.0. The Hall–Kier alpha value is -2.40. The minimum Gasteiger partial charge on any atom is -0.462 e. The second-order valence-electron chi connectivity index (χ2n) is 5.46. The standard InChI is InChI=1S/C19H20O4S/c1-4-23-19(20)18(13-16-9-5-7-14(2)11-16)24(21,22)17-10-6-8-15(3)12-17/h5-13H,4H2,1-3H3/b18-13+. The molecule has 5 heteroatoms. The van der Waals surface area contributed by atoms with E-state index in [0.29, 0.717) is 5.56 Å². The molecule has 0 aliphatic heterocycles. The Morgan fingerprint density at radius 2 is 1.67 bits per heavy atom. The fourth-order valence-corrected chi connectivity index (χ4v) is 3.69. The second kappa shape index (κ2) is 7.45. The van der Waals surface area contributed by atoms with Crippen molar-refractivity contribution in [3.8, 4) is 0 Å². The monoisotopic (exact) mass is 344 g/mol. The van der Waals surface area contributed by atoms with Gasteiger partial charge in [0.15, 0.2) is 4.91 Å². The summed E-state index contributed by atoms with van der Waals surface area (Å²) in [5.41, 5.74) is 2.41. The third kappa shape index (κ3) is 4.11. The minimum atomic E-state index is -3.97. The van der Waals surface area contributed by atoms with Crippen LogP contribution >= 0.6 is 0 Å². The van der Waals surface area contributed by atoms with E-state index in [1.165, 1.54) is 12.1 Å². The van der Waals surface area contributed by atoms with Gasteiger partial charge in [0.1, 0.15) is 0 Å². The number of benzene rings is 2. The van der Waals surface area contributed by atoms with Crippen LogP contribution in [0, 0.1) is 13.8 Å². The Balaban J connectivity index is 2.60. The van der Waals surface area contributed by atoms with Crippen molar-refractivity contribution in [1.82, 2.24) is 0 Å². The maximum Gasteiger partial charge on any atom is 0.350 e. The number of sulfone groups is 1. The van der Waals surface area contributed by atoms with Crippen LogP contribution in [0.3, 0.4) is 0 Å². The lowest BCUT2D eigenvalue weighted by Gasteiger charge is -2.10. The topological polar surface area (TPSA) is 60.4 Å². The van der Waals surface area contributed by atoms with Crippen LogP contribution in [0.5, 0.6) is 0 Å². The van der Waals surface area contributed by atoms with E-state index in [1.807, 2.05) is 25.1 Å². The van der Waals surface area contributed by atoms with Crippen molar-refractivity contribution < 1.29 is 17.9 Å². The van der Waals surface area contributed by atoms with E-state index in [9.17, 15) is 13.2 Å². The Morgan fingerprint density at radius 1 is 1.04 bits per heavy atom. The molecule has 0 heterocycles. The molecule has 4 nitrogen and oxygen atoms in total. The van der Waals surface area contributed by atoms with Crippen molar-refractivity contribution in [3.05, 3.63) is 70.1 Å². The fourth-order valence-electron chi connectivity index (χ4n) is 2.27. The van der Waals surface area contributed by atoms with E-state index in [1.54, 1.807) is 38.1 Å². The molecule has 2 aromatic rings. The quantitative estimate of drug-likeness (QED) is 0.613. The summed E-state index contributed by atoms with van der Waals surface area (Å²) in [6.07, 6.45) is 1.36. The third-order valence-corrected chi connectivity index (χ3v) is 5.14. The molecule has 2 aromatic carbocycles. The lowest BCUT2D eigenvalue weighted by molar-refractivity contribution is -0.137. The molecule has 0 spiro atoms. The molecule has 0 unspecified atom stereocenters. The van der Waals surface area contributed by atoms with Crippen molar-refractivity contribution in [2.75, 3.05) is 6.61 Å². The van der Waals surface area contributed by atoms with E-state index in [4.69, 9.17) is 4.74 Å². The van der Waals surface area contributed by atoms with Gasteiger partial charge >= 0.3 is 5.97 Å². The van der Waals surface area contributed by atoms with Crippen LogP contribution < -0.4 is 0 Å². The zero-order valence-corrected chi connectivity index (χ0v) is 14.8. The van der Waals surface area contributed by atoms with Crippen LogP contribution in [0.1, 0.15) is 23.6 Å². The van der Waals surface area contributed by atoms with E-state index in [0.717, 1.165) is 11.1 Å². The number of hydrogen-bond donors (Lipinski definition) is 0. The first kappa shape index (κ1) is 17.9. The Morgan fingerprint density at radius 3 is 2.25 bits per heavy atom. The largest absolute Gasteiger partial charge is 0.462 e. The number of hydrogen-bond acceptors (Lipinski definition) is 4. The smallest absolute Gasteiger partial charge is 0.350 e. The van der Waals surface area contributed by atoms with Crippen molar-refractivity contribution in [1.29, 1.82) is 0 Å². The molecule has 0 radical (unpaired) electrons. The highest BCUT2D eigenvalue weighted by molar-refractivity contribution is 7.96. The highest BCUT2D eigenvalue weighted by Crippen LogP contribution is 2.24. The molecule has 2 rings (SSSR count). The second-order valence-corrected chi connectivity index (χ2v) is 7.38. The minimum absolute atomic E-state index is 0.0782. The number of carbonyl (C=O) groups excluding carboxylic acids is 1. The first-order valence-electron chi connectivity index (χ1n) is 7.62. The summed E-state index contributed by atoms with van der Waals surface area (Å²) in [7, 11) is -3.97. The van der Waals surface area contributed by atoms with Gasteiger partial charge in [0.2, 0.25) is 9.84 Å². The molecular formula is C19H20O4S. The van der Waals surface area contributed by atoms with Crippen LogP contribution in [-0.4, -0.2) is 21.0 Å². The molecule has 0 N–H and O–H groups in total. The molecule has 0 amide bonds. The van der Waals surface area contributed by atoms with Gasteiger partial charge < -0.3 is 4.74 Å². The van der Waals surface area contributed by atoms with E-state index >= 15 is 0 Å². The predicted molar refractivity (Wildman–Crippen MR) is 94.2 cm³/mol. The van der Waals surface area contributed by atoms with E-state index in [2.05, 4.69) is 0 Å². The van der Waals surface area contributed by atoms with Crippen LogP contribution in [-0.2, 0) is 19.4 Å². The molecule has 126 valence electrons. The predicted octanol–water partition coefficient (Wildman–Crippen LogP) is 3.68. The van der Waals surface area contributed by atoms with Gasteiger partial charge in [0.25, 0.3) is 0 Å². The molecule has 0 aromatic heterocycles. The Kier molecular flexibility index (Phi) is 5.57. The number of ether oxygens (including phenoxy) is 1. The van der Waals surface area contributed by atoms with Crippen LogP contribution in [0.4, 0.5) is 0 Å². The van der Waals surface area contributed by atoms with Gasteiger partial charge in [-0.2, -0.15) is 0 Å². The average Bonchev–Trinajstić information content (AvgIpc) is 2.52. The van der Waals surface area contributed by atoms with Crippen molar-refractivity contribution >= 4 is 21.9 Å². The number of esters is 1. The Bertz CT molecular complexity index is 880. The van der Waals surface area contributed by atoms with Gasteiger partial charge in [-0.05, 0) is 50.1 Å². The SMILES string of the molecule is CCOC(=O)/C(=C\c1cccc(C)c1)S(=O)(=O)c1cccc(C)c1. The molecule has 24 heavy (non-hydrogen) atoms. The van der Waals surface area contributed by atoms with Gasteiger partial charge in [-0.1, -0.05) is 42.0 Å². The van der Waals surface area contributed by atoms with Gasteiger partial charge in [-0.3, -0.25) is 0 Å². The van der Waals surface area contributed by atoms with Crippen molar-refractivity contribution in [3.63, 3.8) is 0 Å². The molecule has 0 aliphatic carbocycles. The summed E-state index contributed by atoms with van der Waals surface area (Å²) in [5.74, 6) is -0.847. The number of carbonyl (C=O) groups is 1. The van der Waals surface area contributed by atoms with Gasteiger partial charge in [0, 0.05) is 0 Å². The summed E-state index contributed by atoms with van der Waals surface area (Å²) in [5, 5.41) is 0. The van der Waals surface area contributed by atoms with Gasteiger partial charge in [-0.15, -0.1) is 0 Å². The summed E-state index contributed by atoms with van der Waals surface area (Å²) in [4.78, 5) is 12.0. The zero-order valence-electron chi connectivity index (χ0n) is 13.9. The lowest BCUT2D eigenvalue weighted by atomic mass is 10.1. The summed E-state index contributed by atoms with van der Waals surface area (Å²) in [6.45, 7) is 5.44. The summed E-state index contributed by atoms with van der Waals surface area (Å²) >= 11 is 0. The molecule has 0 atom stereocenters. The first-order valence-corrected chi connectivity index (χ1v) is 9.10. The summed E-state index contributed by atoms with van der Waals surface area (Å²) in [6, 6.07) is 13.7. The van der Waals surface area contributed by atoms with Crippen LogP contribution in [0.2, 0.25) is 0 Å². The maximum absolute atomic E-state index is 12.9. The molecule has 0 bridgehead atoms. The summed E-state index contributed by atoms with van der Waals surface area (Å²) < 4.78 is 30.8. The fraction of sp³-hybridized carbons (Fsp3) is 0.211. The zero-order chi connectivity index (χ0) is 17.7. The van der Waals surface area contributed by atoms with Gasteiger partial charge in [-0.25, -0.2) is 13.2 Å². The van der Waals surface area contributed by atoms with E-state index in [-0.39, 0.29) is 16.4 Å². The van der Waals surface area contributed by atoms with Gasteiger partial charge in [0.05, 0.1) is 11.5 Å². The molecule has 0 aliphatic rings. The maximum atomic E-state index is 12.9. The molecular weight excluding hydrogens is 324 g/mol. The third-order valence-electron chi connectivity index (χ3n) is 3.41. The lowest BCUT2D eigenvalue weighted by Crippen LogP contribution is -2.17. The highest BCUT2D eigenvalue weighted by atomic mass is 32.2. The highest BCUT2D eigenvalue weighted by Gasteiger charge is 2.28. The van der Waals surface area contributed by atoms with Crippen LogP contribution in [0.25, 0.3) is 6.08 Å². The van der Waals surface area contributed by atoms with Crippen molar-refractivity contribution in [2.45, 2.75) is 25.7 Å².